The van der Waals surface area contributed by atoms with Crippen LogP contribution in [0, 0.1) is 6.92 Å². The molecule has 0 bridgehead atoms. The summed E-state index contributed by atoms with van der Waals surface area (Å²) in [6.45, 7) is 7.98. The van der Waals surface area contributed by atoms with Gasteiger partial charge in [-0.05, 0) is 45.7 Å². The van der Waals surface area contributed by atoms with Crippen molar-refractivity contribution in [3.8, 4) is 0 Å². The van der Waals surface area contributed by atoms with Crippen LogP contribution in [0.4, 0.5) is 0 Å². The van der Waals surface area contributed by atoms with Crippen LogP contribution in [0.25, 0.3) is 0 Å². The Labute approximate surface area is 126 Å². The molecular formula is C17H24N2O2. The van der Waals surface area contributed by atoms with Gasteiger partial charge in [-0.15, -0.1) is 0 Å². The van der Waals surface area contributed by atoms with Crippen LogP contribution in [0.5, 0.6) is 0 Å². The lowest BCUT2D eigenvalue weighted by molar-refractivity contribution is -0.134. The smallest absolute Gasteiger partial charge is 0.254 e. The predicted molar refractivity (Wildman–Crippen MR) is 83.2 cm³/mol. The molecule has 21 heavy (non-hydrogen) atoms. The predicted octanol–water partition coefficient (Wildman–Crippen LogP) is 2.47. The molecule has 1 aromatic carbocycles. The molecule has 1 heterocycles. The number of benzene rings is 1. The molecule has 1 saturated heterocycles. The van der Waals surface area contributed by atoms with Crippen molar-refractivity contribution in [1.82, 2.24) is 9.80 Å². The fourth-order valence-corrected chi connectivity index (χ4v) is 2.96. The maximum absolute atomic E-state index is 12.7. The third-order valence-corrected chi connectivity index (χ3v) is 4.14. The van der Waals surface area contributed by atoms with Crippen molar-refractivity contribution < 1.29 is 9.59 Å². The summed E-state index contributed by atoms with van der Waals surface area (Å²) in [7, 11) is 0. The second-order valence-electron chi connectivity index (χ2n) is 5.54. The van der Waals surface area contributed by atoms with Gasteiger partial charge in [0, 0.05) is 25.2 Å². The van der Waals surface area contributed by atoms with E-state index in [0.717, 1.165) is 18.4 Å². The largest absolute Gasteiger partial charge is 0.341 e. The van der Waals surface area contributed by atoms with E-state index in [1.54, 1.807) is 4.90 Å². The summed E-state index contributed by atoms with van der Waals surface area (Å²) in [5.74, 6) is 0.0557. The van der Waals surface area contributed by atoms with Crippen molar-refractivity contribution in [3.63, 3.8) is 0 Å². The van der Waals surface area contributed by atoms with E-state index < -0.39 is 0 Å². The first-order chi connectivity index (χ1) is 10.1. The summed E-state index contributed by atoms with van der Waals surface area (Å²) in [5, 5.41) is 0. The van der Waals surface area contributed by atoms with Crippen molar-refractivity contribution in [2.75, 3.05) is 19.6 Å². The van der Waals surface area contributed by atoms with Crippen LogP contribution in [-0.2, 0) is 4.79 Å². The minimum Gasteiger partial charge on any atom is -0.341 e. The molecule has 0 saturated carbocycles. The highest BCUT2D eigenvalue weighted by molar-refractivity contribution is 5.98. The fraction of sp³-hybridized carbons (Fsp3) is 0.529. The Balaban J connectivity index is 2.18. The van der Waals surface area contributed by atoms with E-state index in [-0.39, 0.29) is 17.9 Å². The average molecular weight is 288 g/mol. The van der Waals surface area contributed by atoms with Gasteiger partial charge in [0.2, 0.25) is 5.91 Å². The molecule has 4 nitrogen and oxygen atoms in total. The Kier molecular flexibility index (Phi) is 4.99. The van der Waals surface area contributed by atoms with Gasteiger partial charge in [-0.1, -0.05) is 17.7 Å². The first kappa shape index (κ1) is 15.5. The van der Waals surface area contributed by atoms with Crippen LogP contribution >= 0.6 is 0 Å². The van der Waals surface area contributed by atoms with Gasteiger partial charge in [0.15, 0.2) is 0 Å². The summed E-state index contributed by atoms with van der Waals surface area (Å²) >= 11 is 0. The van der Waals surface area contributed by atoms with Crippen molar-refractivity contribution in [1.29, 1.82) is 0 Å². The molecular weight excluding hydrogens is 264 g/mol. The zero-order valence-corrected chi connectivity index (χ0v) is 13.1. The van der Waals surface area contributed by atoms with Crippen LogP contribution in [0.1, 0.15) is 42.6 Å². The van der Waals surface area contributed by atoms with Gasteiger partial charge < -0.3 is 9.80 Å². The number of carbonyl (C=O) groups is 2. The van der Waals surface area contributed by atoms with E-state index in [2.05, 4.69) is 0 Å². The molecule has 4 heteroatoms. The van der Waals surface area contributed by atoms with E-state index >= 15 is 0 Å². The van der Waals surface area contributed by atoms with Crippen LogP contribution in [0.3, 0.4) is 0 Å². The molecule has 0 unspecified atom stereocenters. The summed E-state index contributed by atoms with van der Waals surface area (Å²) < 4.78 is 0. The van der Waals surface area contributed by atoms with Crippen LogP contribution in [-0.4, -0.2) is 47.3 Å². The zero-order valence-electron chi connectivity index (χ0n) is 13.1. The Hall–Kier alpha value is -1.84. The van der Waals surface area contributed by atoms with Gasteiger partial charge in [-0.3, -0.25) is 9.59 Å². The highest BCUT2D eigenvalue weighted by atomic mass is 16.2. The standard InChI is InChI=1S/C17H24N2O2/c1-4-18(5-2)17(21)15-10-7-11-19(15)16(20)14-9-6-8-13(3)12-14/h6,8-9,12,15H,4-5,7,10-11H2,1-3H3/t15-/m0/s1. The first-order valence-corrected chi connectivity index (χ1v) is 7.74. The number of aryl methyl sites for hydroxylation is 1. The number of carbonyl (C=O) groups excluding carboxylic acids is 2. The first-order valence-electron chi connectivity index (χ1n) is 7.74. The zero-order chi connectivity index (χ0) is 15.4. The molecule has 1 fully saturated rings. The monoisotopic (exact) mass is 288 g/mol. The minimum atomic E-state index is -0.294. The number of nitrogens with zero attached hydrogens (tertiary/aromatic N) is 2. The molecule has 0 spiro atoms. The average Bonchev–Trinajstić information content (AvgIpc) is 2.97. The van der Waals surface area contributed by atoms with E-state index in [0.29, 0.717) is 25.2 Å². The number of rotatable bonds is 4. The molecule has 2 amide bonds. The Bertz CT molecular complexity index is 523. The minimum absolute atomic E-state index is 0.0262. The normalized spacial score (nSPS) is 17.9. The SMILES string of the molecule is CCN(CC)C(=O)[C@@H]1CCCN1C(=O)c1cccc(C)c1. The molecule has 0 aromatic heterocycles. The maximum Gasteiger partial charge on any atom is 0.254 e. The molecule has 114 valence electrons. The molecule has 0 radical (unpaired) electrons. The number of likely N-dealkylation sites (N-methyl/N-ethyl adjacent to an activating group) is 1. The lowest BCUT2D eigenvalue weighted by atomic mass is 10.1. The lowest BCUT2D eigenvalue weighted by Gasteiger charge is -2.29. The summed E-state index contributed by atoms with van der Waals surface area (Å²) in [6.07, 6.45) is 1.67. The highest BCUT2D eigenvalue weighted by Crippen LogP contribution is 2.22. The lowest BCUT2D eigenvalue weighted by Crippen LogP contribution is -2.47. The third-order valence-electron chi connectivity index (χ3n) is 4.14. The van der Waals surface area contributed by atoms with Crippen LogP contribution in [0.15, 0.2) is 24.3 Å². The van der Waals surface area contributed by atoms with Gasteiger partial charge in [0.25, 0.3) is 5.91 Å². The molecule has 0 aliphatic carbocycles. The van der Waals surface area contributed by atoms with E-state index in [1.165, 1.54) is 0 Å². The summed E-state index contributed by atoms with van der Waals surface area (Å²) in [5.41, 5.74) is 1.74. The molecule has 2 rings (SSSR count). The molecule has 1 aliphatic heterocycles. The highest BCUT2D eigenvalue weighted by Gasteiger charge is 2.36. The van der Waals surface area contributed by atoms with Crippen LogP contribution < -0.4 is 0 Å². The molecule has 1 atom stereocenters. The van der Waals surface area contributed by atoms with Crippen molar-refractivity contribution in [2.45, 2.75) is 39.7 Å². The van der Waals surface area contributed by atoms with Gasteiger partial charge in [-0.2, -0.15) is 0 Å². The van der Waals surface area contributed by atoms with Gasteiger partial charge >= 0.3 is 0 Å². The third kappa shape index (κ3) is 3.26. The second-order valence-corrected chi connectivity index (χ2v) is 5.54. The number of amides is 2. The summed E-state index contributed by atoms with van der Waals surface area (Å²) in [6, 6.07) is 7.28. The van der Waals surface area contributed by atoms with Gasteiger partial charge in [-0.25, -0.2) is 0 Å². The maximum atomic E-state index is 12.7. The van der Waals surface area contributed by atoms with Crippen LogP contribution in [0.2, 0.25) is 0 Å². The quantitative estimate of drug-likeness (QED) is 0.854. The van der Waals surface area contributed by atoms with E-state index in [1.807, 2.05) is 49.9 Å². The number of likely N-dealkylation sites (tertiary alicyclic amines) is 1. The molecule has 1 aromatic rings. The van der Waals surface area contributed by atoms with Gasteiger partial charge in [0.1, 0.15) is 6.04 Å². The Morgan fingerprint density at radius 1 is 1.29 bits per heavy atom. The van der Waals surface area contributed by atoms with Crippen molar-refractivity contribution >= 4 is 11.8 Å². The number of hydrogen-bond acceptors (Lipinski definition) is 2. The topological polar surface area (TPSA) is 40.6 Å². The molecule has 0 N–H and O–H groups in total. The van der Waals surface area contributed by atoms with Gasteiger partial charge in [0.05, 0.1) is 0 Å². The van der Waals surface area contributed by atoms with E-state index in [4.69, 9.17) is 0 Å². The number of hydrogen-bond donors (Lipinski definition) is 0. The van der Waals surface area contributed by atoms with Crippen molar-refractivity contribution in [3.05, 3.63) is 35.4 Å². The van der Waals surface area contributed by atoms with Crippen molar-refractivity contribution in [2.24, 2.45) is 0 Å². The van der Waals surface area contributed by atoms with E-state index in [9.17, 15) is 9.59 Å². The summed E-state index contributed by atoms with van der Waals surface area (Å²) in [4.78, 5) is 28.8. The molecule has 1 aliphatic rings. The second kappa shape index (κ2) is 6.74. The Morgan fingerprint density at radius 2 is 2.00 bits per heavy atom. The fourth-order valence-electron chi connectivity index (χ4n) is 2.96. The Morgan fingerprint density at radius 3 is 2.62 bits per heavy atom.